The van der Waals surface area contributed by atoms with Gasteiger partial charge < -0.3 is 14.9 Å². The van der Waals surface area contributed by atoms with Crippen LogP contribution in [0, 0.1) is 5.92 Å². The highest BCUT2D eigenvalue weighted by Gasteiger charge is 2.30. The third kappa shape index (κ3) is 5.04. The quantitative estimate of drug-likeness (QED) is 0.778. The minimum absolute atomic E-state index is 0.160. The van der Waals surface area contributed by atoms with Crippen molar-refractivity contribution in [2.24, 2.45) is 5.92 Å². The number of carbonyl (C=O) groups excluding carboxylic acids is 1. The van der Waals surface area contributed by atoms with Gasteiger partial charge in [0, 0.05) is 24.8 Å². The lowest BCUT2D eigenvalue weighted by molar-refractivity contribution is -0.143. The van der Waals surface area contributed by atoms with Crippen molar-refractivity contribution in [3.63, 3.8) is 0 Å². The van der Waals surface area contributed by atoms with Gasteiger partial charge in [0.15, 0.2) is 5.82 Å². The zero-order valence-electron chi connectivity index (χ0n) is 13.7. The molecule has 0 radical (unpaired) electrons. The molecule has 23 heavy (non-hydrogen) atoms. The fourth-order valence-electron chi connectivity index (χ4n) is 2.88. The molecule has 0 saturated heterocycles. The van der Waals surface area contributed by atoms with Gasteiger partial charge >= 0.3 is 5.97 Å². The van der Waals surface area contributed by atoms with E-state index in [-0.39, 0.29) is 24.3 Å². The Balaban J connectivity index is 1.85. The van der Waals surface area contributed by atoms with Crippen LogP contribution in [-0.2, 0) is 16.0 Å². The minimum atomic E-state index is -0.823. The highest BCUT2D eigenvalue weighted by atomic mass is 16.5. The monoisotopic (exact) mass is 323 g/mol. The average Bonchev–Trinajstić information content (AvgIpc) is 2.85. The Morgan fingerprint density at radius 3 is 2.70 bits per heavy atom. The second-order valence-corrected chi connectivity index (χ2v) is 6.46. The van der Waals surface area contributed by atoms with E-state index in [4.69, 9.17) is 4.52 Å². The first kappa shape index (κ1) is 17.4. The lowest BCUT2D eigenvalue weighted by Gasteiger charge is -2.22. The van der Waals surface area contributed by atoms with Crippen molar-refractivity contribution in [2.75, 3.05) is 0 Å². The number of amides is 1. The Morgan fingerprint density at radius 2 is 2.04 bits per heavy atom. The Morgan fingerprint density at radius 1 is 1.30 bits per heavy atom. The number of nitrogens with one attached hydrogen (secondary N) is 1. The van der Waals surface area contributed by atoms with E-state index in [1.165, 1.54) is 0 Å². The molecule has 7 heteroatoms. The van der Waals surface area contributed by atoms with Gasteiger partial charge in [0.1, 0.15) is 0 Å². The average molecular weight is 323 g/mol. The van der Waals surface area contributed by atoms with E-state index < -0.39 is 11.9 Å². The lowest BCUT2D eigenvalue weighted by Crippen LogP contribution is -2.42. The Labute approximate surface area is 135 Å². The van der Waals surface area contributed by atoms with Crippen LogP contribution in [0.5, 0.6) is 0 Å². The molecular formula is C16H25N3O4. The van der Waals surface area contributed by atoms with Crippen LogP contribution < -0.4 is 5.32 Å². The standard InChI is InChI=1S/C16H25N3O4/c1-10(2)15-18-14(23-19-15)9-8-13(20)17-12-7-5-3-4-6-11(12)16(21)22/h10-12H,3-9H2,1-2H3,(H,17,20)(H,21,22)/t11-,12+/m1/s1. The van der Waals surface area contributed by atoms with E-state index in [0.717, 1.165) is 25.7 Å². The minimum Gasteiger partial charge on any atom is -0.481 e. The summed E-state index contributed by atoms with van der Waals surface area (Å²) in [6.45, 7) is 3.94. The van der Waals surface area contributed by atoms with Crippen LogP contribution in [-0.4, -0.2) is 33.2 Å². The summed E-state index contributed by atoms with van der Waals surface area (Å²) >= 11 is 0. The molecule has 1 aromatic rings. The maximum atomic E-state index is 12.1. The van der Waals surface area contributed by atoms with Crippen LogP contribution in [0.4, 0.5) is 0 Å². The van der Waals surface area contributed by atoms with Crippen molar-refractivity contribution in [3.8, 4) is 0 Å². The molecule has 1 aliphatic rings. The van der Waals surface area contributed by atoms with E-state index >= 15 is 0 Å². The lowest BCUT2D eigenvalue weighted by atomic mass is 9.94. The Hall–Kier alpha value is -1.92. The van der Waals surface area contributed by atoms with Crippen LogP contribution in [0.1, 0.15) is 70.0 Å². The van der Waals surface area contributed by atoms with Crippen LogP contribution in [0.25, 0.3) is 0 Å². The largest absolute Gasteiger partial charge is 0.481 e. The molecule has 1 amide bonds. The highest BCUT2D eigenvalue weighted by Crippen LogP contribution is 2.24. The maximum Gasteiger partial charge on any atom is 0.308 e. The van der Waals surface area contributed by atoms with Crippen LogP contribution in [0.3, 0.4) is 0 Å². The molecule has 0 unspecified atom stereocenters. The van der Waals surface area contributed by atoms with Gasteiger partial charge in [-0.2, -0.15) is 4.98 Å². The molecule has 0 spiro atoms. The van der Waals surface area contributed by atoms with Gasteiger partial charge in [-0.15, -0.1) is 0 Å². The molecule has 1 aromatic heterocycles. The smallest absolute Gasteiger partial charge is 0.308 e. The molecule has 0 aliphatic heterocycles. The van der Waals surface area contributed by atoms with Crippen molar-refractivity contribution in [1.82, 2.24) is 15.5 Å². The zero-order chi connectivity index (χ0) is 16.8. The molecule has 1 heterocycles. The van der Waals surface area contributed by atoms with E-state index in [1.807, 2.05) is 13.8 Å². The molecule has 0 aromatic carbocycles. The Bertz CT molecular complexity index is 541. The number of carbonyl (C=O) groups is 2. The van der Waals surface area contributed by atoms with Gasteiger partial charge in [-0.05, 0) is 12.8 Å². The third-order valence-corrected chi connectivity index (χ3v) is 4.25. The van der Waals surface area contributed by atoms with Crippen LogP contribution >= 0.6 is 0 Å². The van der Waals surface area contributed by atoms with E-state index in [9.17, 15) is 14.7 Å². The first-order valence-corrected chi connectivity index (χ1v) is 8.32. The fourth-order valence-corrected chi connectivity index (χ4v) is 2.88. The van der Waals surface area contributed by atoms with Crippen molar-refractivity contribution >= 4 is 11.9 Å². The number of carboxylic acids is 1. The van der Waals surface area contributed by atoms with Crippen molar-refractivity contribution in [1.29, 1.82) is 0 Å². The summed E-state index contributed by atoms with van der Waals surface area (Å²) in [7, 11) is 0. The third-order valence-electron chi connectivity index (χ3n) is 4.25. The summed E-state index contributed by atoms with van der Waals surface area (Å²) in [4.78, 5) is 27.7. The van der Waals surface area contributed by atoms with Gasteiger partial charge in [0.2, 0.25) is 11.8 Å². The van der Waals surface area contributed by atoms with Gasteiger partial charge in [-0.25, -0.2) is 0 Å². The molecule has 2 rings (SSSR count). The predicted molar refractivity (Wildman–Crippen MR) is 82.8 cm³/mol. The number of aliphatic carboxylic acids is 1. The fraction of sp³-hybridized carbons (Fsp3) is 0.750. The van der Waals surface area contributed by atoms with Crippen molar-refractivity contribution in [3.05, 3.63) is 11.7 Å². The molecule has 0 bridgehead atoms. The molecule has 128 valence electrons. The number of hydrogen-bond acceptors (Lipinski definition) is 5. The second kappa shape index (κ2) is 8.08. The SMILES string of the molecule is CC(C)c1noc(CCC(=O)N[C@H]2CCCCC[C@H]2C(=O)O)n1. The number of hydrogen-bond donors (Lipinski definition) is 2. The first-order valence-electron chi connectivity index (χ1n) is 8.32. The van der Waals surface area contributed by atoms with E-state index in [1.54, 1.807) is 0 Å². The summed E-state index contributed by atoms with van der Waals surface area (Å²) in [5.41, 5.74) is 0. The summed E-state index contributed by atoms with van der Waals surface area (Å²) in [5, 5.41) is 16.1. The second-order valence-electron chi connectivity index (χ2n) is 6.46. The molecule has 1 saturated carbocycles. The molecular weight excluding hydrogens is 298 g/mol. The number of carboxylic acid groups (broad SMARTS) is 1. The first-order chi connectivity index (χ1) is 11.0. The van der Waals surface area contributed by atoms with Gasteiger partial charge in [0.25, 0.3) is 0 Å². The normalized spacial score (nSPS) is 21.9. The van der Waals surface area contributed by atoms with Crippen molar-refractivity contribution in [2.45, 2.75) is 70.8 Å². The zero-order valence-corrected chi connectivity index (χ0v) is 13.7. The molecule has 2 N–H and O–H groups in total. The number of aryl methyl sites for hydroxylation is 1. The number of rotatable bonds is 6. The molecule has 7 nitrogen and oxygen atoms in total. The van der Waals surface area contributed by atoms with Crippen LogP contribution in [0.15, 0.2) is 4.52 Å². The molecule has 1 aliphatic carbocycles. The maximum absolute atomic E-state index is 12.1. The summed E-state index contributed by atoms with van der Waals surface area (Å²) < 4.78 is 5.11. The number of nitrogens with zero attached hydrogens (tertiary/aromatic N) is 2. The van der Waals surface area contributed by atoms with Crippen molar-refractivity contribution < 1.29 is 19.2 Å². The summed E-state index contributed by atoms with van der Waals surface area (Å²) in [6.07, 6.45) is 4.83. The summed E-state index contributed by atoms with van der Waals surface area (Å²) in [6, 6.07) is -0.281. The molecule has 2 atom stereocenters. The highest BCUT2D eigenvalue weighted by molar-refractivity contribution is 5.78. The van der Waals surface area contributed by atoms with E-state index in [2.05, 4.69) is 15.5 Å². The van der Waals surface area contributed by atoms with Gasteiger partial charge in [-0.1, -0.05) is 38.3 Å². The topological polar surface area (TPSA) is 105 Å². The van der Waals surface area contributed by atoms with Crippen LogP contribution in [0.2, 0.25) is 0 Å². The number of aromatic nitrogens is 2. The summed E-state index contributed by atoms with van der Waals surface area (Å²) in [5.74, 6) is -0.209. The van der Waals surface area contributed by atoms with E-state index in [0.29, 0.717) is 24.6 Å². The Kier molecular flexibility index (Phi) is 6.12. The van der Waals surface area contributed by atoms with Gasteiger partial charge in [-0.3, -0.25) is 9.59 Å². The van der Waals surface area contributed by atoms with Gasteiger partial charge in [0.05, 0.1) is 5.92 Å². The molecule has 1 fully saturated rings. The predicted octanol–water partition coefficient (Wildman–Crippen LogP) is 2.28.